The number of amides is 1. The van der Waals surface area contributed by atoms with Gasteiger partial charge in [-0.05, 0) is 61.1 Å². The molecule has 0 aliphatic carbocycles. The first-order valence-corrected chi connectivity index (χ1v) is 10.3. The highest BCUT2D eigenvalue weighted by Gasteiger charge is 2.20. The third-order valence-corrected chi connectivity index (χ3v) is 6.53. The van der Waals surface area contributed by atoms with E-state index in [1.54, 1.807) is 60.3 Å². The van der Waals surface area contributed by atoms with E-state index in [4.69, 9.17) is 12.2 Å². The summed E-state index contributed by atoms with van der Waals surface area (Å²) in [6, 6.07) is 11.8. The maximum atomic E-state index is 12.6. The number of aromatic amines is 1. The van der Waals surface area contributed by atoms with E-state index in [9.17, 15) is 13.2 Å². The largest absolute Gasteiger partial charge is 0.337 e. The zero-order valence-corrected chi connectivity index (χ0v) is 17.3. The molecule has 0 aliphatic heterocycles. The van der Waals surface area contributed by atoms with Crippen LogP contribution in [-0.4, -0.2) is 42.3 Å². The van der Waals surface area contributed by atoms with Gasteiger partial charge in [0.15, 0.2) is 4.77 Å². The molecule has 2 aromatic carbocycles. The van der Waals surface area contributed by atoms with E-state index in [0.29, 0.717) is 21.6 Å². The zero-order chi connectivity index (χ0) is 20.5. The van der Waals surface area contributed by atoms with E-state index in [-0.39, 0.29) is 10.8 Å². The Bertz CT molecular complexity index is 1180. The molecule has 0 aliphatic rings. The molecule has 0 atom stereocenters. The summed E-state index contributed by atoms with van der Waals surface area (Å²) in [5, 5.41) is 2.75. The van der Waals surface area contributed by atoms with Crippen molar-refractivity contribution in [2.75, 3.05) is 19.4 Å². The van der Waals surface area contributed by atoms with E-state index >= 15 is 0 Å². The van der Waals surface area contributed by atoms with Crippen molar-refractivity contribution in [1.82, 2.24) is 13.9 Å². The molecule has 1 aromatic heterocycles. The predicted molar refractivity (Wildman–Crippen MR) is 111 cm³/mol. The van der Waals surface area contributed by atoms with Gasteiger partial charge in [-0.15, -0.1) is 0 Å². The fourth-order valence-corrected chi connectivity index (χ4v) is 4.03. The molecule has 0 spiro atoms. The van der Waals surface area contributed by atoms with Crippen molar-refractivity contribution in [3.05, 3.63) is 70.8 Å². The van der Waals surface area contributed by atoms with Crippen LogP contribution in [0.4, 0.5) is 5.69 Å². The van der Waals surface area contributed by atoms with Crippen molar-refractivity contribution in [2.45, 2.75) is 11.8 Å². The lowest BCUT2D eigenvalue weighted by Gasteiger charge is -2.15. The highest BCUT2D eigenvalue weighted by atomic mass is 32.2. The van der Waals surface area contributed by atoms with Crippen LogP contribution >= 0.6 is 12.2 Å². The topological polar surface area (TPSA) is 87.2 Å². The van der Waals surface area contributed by atoms with Crippen LogP contribution < -0.4 is 5.32 Å². The van der Waals surface area contributed by atoms with Crippen molar-refractivity contribution < 1.29 is 13.2 Å². The number of carbonyl (C=O) groups excluding carboxylic acids is 1. The number of H-pyrrole nitrogens is 1. The van der Waals surface area contributed by atoms with Crippen LogP contribution in [0.15, 0.2) is 59.8 Å². The number of imidazole rings is 1. The summed E-state index contributed by atoms with van der Waals surface area (Å²) in [4.78, 5) is 15.6. The summed E-state index contributed by atoms with van der Waals surface area (Å²) in [6.45, 7) is 1.72. The first kappa shape index (κ1) is 20.0. The van der Waals surface area contributed by atoms with E-state index < -0.39 is 10.0 Å². The standard InChI is InChI=1S/C19H20N4O3S2/c1-13-4-7-15(12-17(13)28(25,26)22(2)3)21-18(24)14-5-8-16(9-6-14)23-11-10-20-19(23)27/h4-12H,1-3H3,(H,20,27)(H,21,24). The molecule has 1 heterocycles. The van der Waals surface area contributed by atoms with Gasteiger partial charge in [-0.25, -0.2) is 12.7 Å². The molecule has 2 N–H and O–H groups in total. The second kappa shape index (κ2) is 7.70. The van der Waals surface area contributed by atoms with Gasteiger partial charge in [-0.2, -0.15) is 0 Å². The number of benzene rings is 2. The van der Waals surface area contributed by atoms with Gasteiger partial charge in [0.05, 0.1) is 4.90 Å². The van der Waals surface area contributed by atoms with Crippen LogP contribution in [0.3, 0.4) is 0 Å². The molecule has 7 nitrogen and oxygen atoms in total. The molecule has 28 heavy (non-hydrogen) atoms. The molecular weight excluding hydrogens is 396 g/mol. The number of aromatic nitrogens is 2. The summed E-state index contributed by atoms with van der Waals surface area (Å²) < 4.78 is 28.4. The van der Waals surface area contributed by atoms with Crippen molar-refractivity contribution in [3.63, 3.8) is 0 Å². The molecule has 9 heteroatoms. The molecule has 0 fully saturated rings. The number of anilines is 1. The third-order valence-electron chi connectivity index (χ3n) is 4.26. The van der Waals surface area contributed by atoms with Crippen LogP contribution in [0.25, 0.3) is 5.69 Å². The molecule has 3 rings (SSSR count). The quantitative estimate of drug-likeness (QED) is 0.625. The lowest BCUT2D eigenvalue weighted by molar-refractivity contribution is 0.102. The monoisotopic (exact) mass is 416 g/mol. The Hall–Kier alpha value is -2.75. The predicted octanol–water partition coefficient (Wildman–Crippen LogP) is 3.35. The molecule has 146 valence electrons. The number of aryl methyl sites for hydroxylation is 1. The Balaban J connectivity index is 1.84. The molecule has 0 radical (unpaired) electrons. The van der Waals surface area contributed by atoms with Gasteiger partial charge in [0.25, 0.3) is 5.91 Å². The lowest BCUT2D eigenvalue weighted by atomic mass is 10.1. The molecule has 0 bridgehead atoms. The van der Waals surface area contributed by atoms with Crippen molar-refractivity contribution in [3.8, 4) is 5.69 Å². The second-order valence-electron chi connectivity index (χ2n) is 6.40. The summed E-state index contributed by atoms with van der Waals surface area (Å²) in [7, 11) is -0.658. The Morgan fingerprint density at radius 2 is 1.82 bits per heavy atom. The van der Waals surface area contributed by atoms with Gasteiger partial charge in [-0.1, -0.05) is 6.07 Å². The normalized spacial score (nSPS) is 11.6. The summed E-state index contributed by atoms with van der Waals surface area (Å²) in [6.07, 6.45) is 3.54. The first-order valence-electron chi connectivity index (χ1n) is 8.41. The minimum absolute atomic E-state index is 0.160. The SMILES string of the molecule is Cc1ccc(NC(=O)c2ccc(-n3cc[nH]c3=S)cc2)cc1S(=O)(=O)N(C)C. The fourth-order valence-electron chi connectivity index (χ4n) is 2.65. The van der Waals surface area contributed by atoms with Crippen molar-refractivity contribution >= 4 is 33.8 Å². The highest BCUT2D eigenvalue weighted by molar-refractivity contribution is 7.89. The van der Waals surface area contributed by atoms with E-state index in [1.807, 2.05) is 0 Å². The Kier molecular flexibility index (Phi) is 5.50. The molecule has 1 amide bonds. The van der Waals surface area contributed by atoms with Gasteiger partial charge >= 0.3 is 0 Å². The average Bonchev–Trinajstić information content (AvgIpc) is 3.09. The summed E-state index contributed by atoms with van der Waals surface area (Å²) in [5.41, 5.74) is 2.30. The number of hydrogen-bond acceptors (Lipinski definition) is 4. The Labute approximate surface area is 168 Å². The van der Waals surface area contributed by atoms with Crippen LogP contribution in [0.2, 0.25) is 0 Å². The lowest BCUT2D eigenvalue weighted by Crippen LogP contribution is -2.23. The number of nitrogens with one attached hydrogen (secondary N) is 2. The number of nitrogens with zero attached hydrogens (tertiary/aromatic N) is 2. The van der Waals surface area contributed by atoms with Crippen molar-refractivity contribution in [2.24, 2.45) is 0 Å². The molecular formula is C19H20N4O3S2. The third kappa shape index (κ3) is 3.91. The fraction of sp³-hybridized carbons (Fsp3) is 0.158. The highest BCUT2D eigenvalue weighted by Crippen LogP contribution is 2.23. The minimum atomic E-state index is -3.60. The van der Waals surface area contributed by atoms with Crippen LogP contribution in [0.1, 0.15) is 15.9 Å². The number of carbonyl (C=O) groups is 1. The second-order valence-corrected chi connectivity index (χ2v) is 8.91. The molecule has 0 unspecified atom stereocenters. The van der Waals surface area contributed by atoms with Crippen LogP contribution in [0.5, 0.6) is 0 Å². The van der Waals surface area contributed by atoms with E-state index in [2.05, 4.69) is 10.3 Å². The zero-order valence-electron chi connectivity index (χ0n) is 15.6. The maximum absolute atomic E-state index is 12.6. The Morgan fingerprint density at radius 3 is 2.39 bits per heavy atom. The van der Waals surface area contributed by atoms with Crippen molar-refractivity contribution in [1.29, 1.82) is 0 Å². The summed E-state index contributed by atoms with van der Waals surface area (Å²) >= 11 is 5.18. The number of sulfonamides is 1. The smallest absolute Gasteiger partial charge is 0.255 e. The van der Waals surface area contributed by atoms with Crippen LogP contribution in [-0.2, 0) is 10.0 Å². The van der Waals surface area contributed by atoms with Gasteiger partial charge in [0, 0.05) is 43.4 Å². The average molecular weight is 417 g/mol. The van der Waals surface area contributed by atoms with Gasteiger partial charge in [0.2, 0.25) is 10.0 Å². The van der Waals surface area contributed by atoms with Gasteiger partial charge in [0.1, 0.15) is 0 Å². The molecule has 3 aromatic rings. The number of hydrogen-bond donors (Lipinski definition) is 2. The maximum Gasteiger partial charge on any atom is 0.255 e. The molecule has 0 saturated carbocycles. The first-order chi connectivity index (χ1) is 13.2. The van der Waals surface area contributed by atoms with E-state index in [1.165, 1.54) is 20.2 Å². The Morgan fingerprint density at radius 1 is 1.14 bits per heavy atom. The molecule has 0 saturated heterocycles. The van der Waals surface area contributed by atoms with Gasteiger partial charge < -0.3 is 10.3 Å². The summed E-state index contributed by atoms with van der Waals surface area (Å²) in [5.74, 6) is -0.332. The van der Waals surface area contributed by atoms with Crippen LogP contribution in [0, 0.1) is 11.7 Å². The van der Waals surface area contributed by atoms with E-state index in [0.717, 1.165) is 9.99 Å². The number of rotatable bonds is 5. The van der Waals surface area contributed by atoms with Gasteiger partial charge in [-0.3, -0.25) is 9.36 Å². The minimum Gasteiger partial charge on any atom is -0.337 e.